The van der Waals surface area contributed by atoms with E-state index in [1.165, 1.54) is 37.3 Å². The van der Waals surface area contributed by atoms with Crippen molar-refractivity contribution in [3.05, 3.63) is 84.2 Å². The van der Waals surface area contributed by atoms with Crippen LogP contribution >= 0.6 is 0 Å². The van der Waals surface area contributed by atoms with Crippen LogP contribution in [-0.2, 0) is 16.1 Å². The highest BCUT2D eigenvalue weighted by molar-refractivity contribution is 6.22. The largest absolute Gasteiger partial charge is 0.497 e. The molecule has 0 saturated carbocycles. The Bertz CT molecular complexity index is 1250. The standard InChI is InChI=1S/C26H24FN3O5/c1-34-21-11-9-20(10-12-21)30-25(32)23(15-24(31)28-19-7-4-6-18(27)14-19)29(26(30)33)16-17-5-3-8-22(13-17)35-2/h3-14,23H,15-16H2,1-2H3,(H,28,31). The zero-order valence-corrected chi connectivity index (χ0v) is 19.2. The number of anilines is 2. The molecule has 4 rings (SSSR count). The molecule has 1 aliphatic heterocycles. The third kappa shape index (κ3) is 5.24. The van der Waals surface area contributed by atoms with Crippen LogP contribution in [0.1, 0.15) is 12.0 Å². The average Bonchev–Trinajstić information content (AvgIpc) is 3.08. The van der Waals surface area contributed by atoms with E-state index in [9.17, 15) is 18.8 Å². The zero-order valence-electron chi connectivity index (χ0n) is 19.2. The van der Waals surface area contributed by atoms with Gasteiger partial charge < -0.3 is 19.7 Å². The minimum Gasteiger partial charge on any atom is -0.497 e. The third-order valence-corrected chi connectivity index (χ3v) is 5.62. The van der Waals surface area contributed by atoms with Crippen LogP contribution in [0.3, 0.4) is 0 Å². The molecule has 3 aromatic rings. The molecule has 4 amide bonds. The number of hydrogen-bond donors (Lipinski definition) is 1. The third-order valence-electron chi connectivity index (χ3n) is 5.62. The number of amides is 4. The van der Waals surface area contributed by atoms with Crippen molar-refractivity contribution >= 4 is 29.2 Å². The minimum absolute atomic E-state index is 0.0896. The fourth-order valence-electron chi connectivity index (χ4n) is 3.90. The van der Waals surface area contributed by atoms with Gasteiger partial charge in [-0.2, -0.15) is 0 Å². The number of hydrogen-bond acceptors (Lipinski definition) is 5. The summed E-state index contributed by atoms with van der Waals surface area (Å²) >= 11 is 0. The molecule has 0 bridgehead atoms. The summed E-state index contributed by atoms with van der Waals surface area (Å²) < 4.78 is 23.9. The van der Waals surface area contributed by atoms with E-state index in [-0.39, 0.29) is 18.7 Å². The van der Waals surface area contributed by atoms with Crippen molar-refractivity contribution in [1.29, 1.82) is 0 Å². The quantitative estimate of drug-likeness (QED) is 0.491. The molecule has 1 fully saturated rings. The van der Waals surface area contributed by atoms with Gasteiger partial charge in [0.15, 0.2) is 0 Å². The van der Waals surface area contributed by atoms with Crippen LogP contribution in [0.4, 0.5) is 20.6 Å². The lowest BCUT2D eigenvalue weighted by Gasteiger charge is -2.22. The lowest BCUT2D eigenvalue weighted by molar-refractivity contribution is -0.124. The summed E-state index contributed by atoms with van der Waals surface area (Å²) in [5.74, 6) is -0.369. The Hall–Kier alpha value is -4.40. The number of carbonyl (C=O) groups is 3. The van der Waals surface area contributed by atoms with Crippen molar-refractivity contribution in [2.45, 2.75) is 19.0 Å². The van der Waals surface area contributed by atoms with Gasteiger partial charge in [0.05, 0.1) is 26.3 Å². The van der Waals surface area contributed by atoms with Crippen molar-refractivity contribution in [2.24, 2.45) is 0 Å². The van der Waals surface area contributed by atoms with E-state index in [1.54, 1.807) is 54.6 Å². The van der Waals surface area contributed by atoms with E-state index in [2.05, 4.69) is 5.32 Å². The Kier molecular flexibility index (Phi) is 6.96. The first-order valence-electron chi connectivity index (χ1n) is 10.9. The number of ether oxygens (including phenoxy) is 2. The van der Waals surface area contributed by atoms with Crippen LogP contribution < -0.4 is 19.7 Å². The molecule has 0 aromatic heterocycles. The normalized spacial score (nSPS) is 15.3. The van der Waals surface area contributed by atoms with E-state index in [4.69, 9.17) is 9.47 Å². The van der Waals surface area contributed by atoms with Gasteiger partial charge in [-0.05, 0) is 60.2 Å². The van der Waals surface area contributed by atoms with Crippen molar-refractivity contribution in [3.8, 4) is 11.5 Å². The summed E-state index contributed by atoms with van der Waals surface area (Å²) in [6, 6.07) is 17.5. The monoisotopic (exact) mass is 477 g/mol. The van der Waals surface area contributed by atoms with Crippen LogP contribution in [0.15, 0.2) is 72.8 Å². The molecule has 0 radical (unpaired) electrons. The van der Waals surface area contributed by atoms with Crippen molar-refractivity contribution in [1.82, 2.24) is 4.90 Å². The Morgan fingerprint density at radius 1 is 0.943 bits per heavy atom. The van der Waals surface area contributed by atoms with Crippen LogP contribution in [-0.4, -0.2) is 43.0 Å². The summed E-state index contributed by atoms with van der Waals surface area (Å²) in [5.41, 5.74) is 1.36. The van der Waals surface area contributed by atoms with Gasteiger partial charge in [-0.3, -0.25) is 9.59 Å². The summed E-state index contributed by atoms with van der Waals surface area (Å²) in [5, 5.41) is 2.59. The SMILES string of the molecule is COc1ccc(N2C(=O)C(CC(=O)Nc3cccc(F)c3)N(Cc3cccc(OC)c3)C2=O)cc1. The molecule has 1 aliphatic rings. The number of nitrogens with zero attached hydrogens (tertiary/aromatic N) is 2. The van der Waals surface area contributed by atoms with Crippen molar-refractivity contribution in [3.63, 3.8) is 0 Å². The number of benzene rings is 3. The molecule has 0 spiro atoms. The van der Waals surface area contributed by atoms with Gasteiger partial charge >= 0.3 is 6.03 Å². The van der Waals surface area contributed by atoms with Crippen LogP contribution in [0, 0.1) is 5.82 Å². The second kappa shape index (κ2) is 10.3. The van der Waals surface area contributed by atoms with Gasteiger partial charge in [0.2, 0.25) is 5.91 Å². The highest BCUT2D eigenvalue weighted by Crippen LogP contribution is 2.30. The summed E-state index contributed by atoms with van der Waals surface area (Å²) in [6.07, 6.45) is -0.294. The molecule has 8 nitrogen and oxygen atoms in total. The smallest absolute Gasteiger partial charge is 0.332 e. The fraction of sp³-hybridized carbons (Fsp3) is 0.192. The lowest BCUT2D eigenvalue weighted by Crippen LogP contribution is -2.37. The van der Waals surface area contributed by atoms with E-state index in [0.717, 1.165) is 10.5 Å². The second-order valence-corrected chi connectivity index (χ2v) is 7.91. The van der Waals surface area contributed by atoms with Gasteiger partial charge in [0.1, 0.15) is 23.4 Å². The number of carbonyl (C=O) groups excluding carboxylic acids is 3. The number of urea groups is 1. The van der Waals surface area contributed by atoms with E-state index >= 15 is 0 Å². The molecule has 1 N–H and O–H groups in total. The van der Waals surface area contributed by atoms with E-state index < -0.39 is 29.7 Å². The maximum Gasteiger partial charge on any atom is 0.332 e. The minimum atomic E-state index is -1.05. The number of imide groups is 1. The van der Waals surface area contributed by atoms with Gasteiger partial charge in [-0.1, -0.05) is 18.2 Å². The molecule has 3 aromatic carbocycles. The number of rotatable bonds is 8. The second-order valence-electron chi connectivity index (χ2n) is 7.91. The Labute approximate surface area is 201 Å². The maximum atomic E-state index is 13.5. The maximum absolute atomic E-state index is 13.5. The van der Waals surface area contributed by atoms with Crippen molar-refractivity contribution < 1.29 is 28.2 Å². The summed E-state index contributed by atoms with van der Waals surface area (Å²) in [4.78, 5) is 42.0. The highest BCUT2D eigenvalue weighted by Gasteiger charge is 2.46. The molecular formula is C26H24FN3O5. The van der Waals surface area contributed by atoms with E-state index in [1.807, 2.05) is 0 Å². The van der Waals surface area contributed by atoms with Gasteiger partial charge in [-0.25, -0.2) is 14.1 Å². The molecule has 0 aliphatic carbocycles. The van der Waals surface area contributed by atoms with Gasteiger partial charge in [0.25, 0.3) is 5.91 Å². The molecular weight excluding hydrogens is 453 g/mol. The Balaban J connectivity index is 1.61. The summed E-state index contributed by atoms with van der Waals surface area (Å²) in [6.45, 7) is 0.0896. The predicted octanol–water partition coefficient (Wildman–Crippen LogP) is 4.21. The molecule has 9 heteroatoms. The molecule has 1 unspecified atom stereocenters. The topological polar surface area (TPSA) is 88.2 Å². The molecule has 35 heavy (non-hydrogen) atoms. The van der Waals surface area contributed by atoms with Gasteiger partial charge in [-0.15, -0.1) is 0 Å². The molecule has 1 heterocycles. The van der Waals surface area contributed by atoms with Crippen LogP contribution in [0.5, 0.6) is 11.5 Å². The molecule has 180 valence electrons. The Morgan fingerprint density at radius 3 is 2.34 bits per heavy atom. The van der Waals surface area contributed by atoms with Crippen molar-refractivity contribution in [2.75, 3.05) is 24.4 Å². The first-order valence-corrected chi connectivity index (χ1v) is 10.9. The first-order chi connectivity index (χ1) is 16.9. The van der Waals surface area contributed by atoms with Gasteiger partial charge in [0, 0.05) is 12.2 Å². The van der Waals surface area contributed by atoms with Crippen LogP contribution in [0.25, 0.3) is 0 Å². The summed E-state index contributed by atoms with van der Waals surface area (Å²) in [7, 11) is 3.05. The Morgan fingerprint density at radius 2 is 1.66 bits per heavy atom. The number of nitrogens with one attached hydrogen (secondary N) is 1. The predicted molar refractivity (Wildman–Crippen MR) is 128 cm³/mol. The highest BCUT2D eigenvalue weighted by atomic mass is 19.1. The molecule has 1 saturated heterocycles. The lowest BCUT2D eigenvalue weighted by atomic mass is 10.1. The average molecular weight is 477 g/mol. The van der Waals surface area contributed by atoms with E-state index in [0.29, 0.717) is 17.2 Å². The number of methoxy groups -OCH3 is 2. The molecule has 1 atom stereocenters. The zero-order chi connectivity index (χ0) is 24.9. The number of halogens is 1. The first kappa shape index (κ1) is 23.7. The van der Waals surface area contributed by atoms with Crippen LogP contribution in [0.2, 0.25) is 0 Å². The fourth-order valence-corrected chi connectivity index (χ4v) is 3.90.